The summed E-state index contributed by atoms with van der Waals surface area (Å²) in [7, 11) is 0. The number of hydrogen-bond donors (Lipinski definition) is 1. The second-order valence-corrected chi connectivity index (χ2v) is 2.63. The molecule has 1 aromatic heterocycles. The predicted octanol–water partition coefficient (Wildman–Crippen LogP) is 1.07. The summed E-state index contributed by atoms with van der Waals surface area (Å²) in [4.78, 5) is 0. The van der Waals surface area contributed by atoms with Crippen LogP contribution in [0.5, 0.6) is 0 Å². The van der Waals surface area contributed by atoms with Crippen LogP contribution >= 0.6 is 0 Å². The van der Waals surface area contributed by atoms with E-state index in [0.717, 1.165) is 5.69 Å². The molecule has 1 unspecified atom stereocenters. The summed E-state index contributed by atoms with van der Waals surface area (Å²) in [5, 5.41) is 15.2. The van der Waals surface area contributed by atoms with Crippen molar-refractivity contribution < 1.29 is 4.52 Å². The van der Waals surface area contributed by atoms with Crippen LogP contribution in [-0.4, -0.2) is 11.2 Å². The van der Waals surface area contributed by atoms with E-state index in [0.29, 0.717) is 13.0 Å². The summed E-state index contributed by atoms with van der Waals surface area (Å²) in [6, 6.07) is 4.09. The molecule has 1 aromatic rings. The summed E-state index contributed by atoms with van der Waals surface area (Å²) in [6.07, 6.45) is 2.05. The van der Waals surface area contributed by atoms with Crippen molar-refractivity contribution in [3.63, 3.8) is 0 Å². The van der Waals surface area contributed by atoms with E-state index in [1.54, 1.807) is 6.07 Å². The second-order valence-electron chi connectivity index (χ2n) is 2.63. The van der Waals surface area contributed by atoms with Crippen LogP contribution in [0.25, 0.3) is 0 Å². The fraction of sp³-hybridized carbons (Fsp3) is 0.500. The highest BCUT2D eigenvalue weighted by atomic mass is 16.5. The standard InChI is InChI=1S/C8H11N3O/c1-7(2-4-9)10-6-8-3-5-12-11-8/h3,5,7,10H,2,6H2,1H3. The van der Waals surface area contributed by atoms with Gasteiger partial charge in [-0.15, -0.1) is 0 Å². The molecule has 0 saturated carbocycles. The van der Waals surface area contributed by atoms with Gasteiger partial charge in [-0.1, -0.05) is 5.16 Å². The maximum absolute atomic E-state index is 8.37. The molecule has 0 saturated heterocycles. The van der Waals surface area contributed by atoms with Gasteiger partial charge in [0.1, 0.15) is 6.26 Å². The molecule has 0 fully saturated rings. The van der Waals surface area contributed by atoms with Crippen LogP contribution in [-0.2, 0) is 6.54 Å². The molecule has 64 valence electrons. The fourth-order valence-electron chi connectivity index (χ4n) is 0.817. The third-order valence-electron chi connectivity index (χ3n) is 1.52. The largest absolute Gasteiger partial charge is 0.364 e. The predicted molar refractivity (Wildman–Crippen MR) is 43.0 cm³/mol. The number of rotatable bonds is 4. The van der Waals surface area contributed by atoms with Crippen LogP contribution in [0.2, 0.25) is 0 Å². The summed E-state index contributed by atoms with van der Waals surface area (Å²) < 4.78 is 4.65. The third kappa shape index (κ3) is 2.72. The van der Waals surface area contributed by atoms with Crippen molar-refractivity contribution in [2.75, 3.05) is 0 Å². The Morgan fingerprint density at radius 2 is 2.67 bits per heavy atom. The average molecular weight is 165 g/mol. The summed E-state index contributed by atoms with van der Waals surface area (Å²) >= 11 is 0. The Morgan fingerprint density at radius 1 is 1.83 bits per heavy atom. The number of nitriles is 1. The number of nitrogens with zero attached hydrogens (tertiary/aromatic N) is 2. The zero-order valence-electron chi connectivity index (χ0n) is 6.95. The monoisotopic (exact) mass is 165 g/mol. The quantitative estimate of drug-likeness (QED) is 0.724. The molecule has 0 aliphatic rings. The lowest BCUT2D eigenvalue weighted by Crippen LogP contribution is -2.24. The fourth-order valence-corrected chi connectivity index (χ4v) is 0.817. The summed E-state index contributed by atoms with van der Waals surface area (Å²) in [5.74, 6) is 0. The van der Waals surface area contributed by atoms with Crippen molar-refractivity contribution in [2.24, 2.45) is 0 Å². The van der Waals surface area contributed by atoms with Crippen molar-refractivity contribution in [2.45, 2.75) is 25.9 Å². The van der Waals surface area contributed by atoms with Crippen molar-refractivity contribution in [1.29, 1.82) is 5.26 Å². The highest BCUT2D eigenvalue weighted by Crippen LogP contribution is 1.95. The van der Waals surface area contributed by atoms with E-state index in [9.17, 15) is 0 Å². The van der Waals surface area contributed by atoms with Crippen LogP contribution in [0, 0.1) is 11.3 Å². The zero-order valence-corrected chi connectivity index (χ0v) is 6.95. The van der Waals surface area contributed by atoms with Gasteiger partial charge in [-0.3, -0.25) is 0 Å². The van der Waals surface area contributed by atoms with Crippen LogP contribution in [0.1, 0.15) is 19.0 Å². The Kier molecular flexibility index (Phi) is 3.30. The minimum Gasteiger partial charge on any atom is -0.364 e. The number of nitrogens with one attached hydrogen (secondary N) is 1. The van der Waals surface area contributed by atoms with Gasteiger partial charge in [0, 0.05) is 18.7 Å². The van der Waals surface area contributed by atoms with E-state index < -0.39 is 0 Å². The molecule has 0 bridgehead atoms. The molecule has 0 radical (unpaired) electrons. The van der Waals surface area contributed by atoms with Gasteiger partial charge in [-0.05, 0) is 6.92 Å². The van der Waals surface area contributed by atoms with Gasteiger partial charge in [0.25, 0.3) is 0 Å². The molecule has 1 rings (SSSR count). The molecule has 12 heavy (non-hydrogen) atoms. The molecule has 4 nitrogen and oxygen atoms in total. The Balaban J connectivity index is 2.23. The lowest BCUT2D eigenvalue weighted by molar-refractivity contribution is 0.405. The van der Waals surface area contributed by atoms with Gasteiger partial charge < -0.3 is 9.84 Å². The minimum absolute atomic E-state index is 0.201. The first-order valence-electron chi connectivity index (χ1n) is 3.82. The Labute approximate surface area is 71.2 Å². The second kappa shape index (κ2) is 4.52. The van der Waals surface area contributed by atoms with Crippen LogP contribution in [0.15, 0.2) is 16.9 Å². The van der Waals surface area contributed by atoms with E-state index in [1.807, 2.05) is 6.92 Å². The molecule has 0 aliphatic heterocycles. The highest BCUT2D eigenvalue weighted by molar-refractivity contribution is 4.94. The van der Waals surface area contributed by atoms with Crippen molar-refractivity contribution in [1.82, 2.24) is 10.5 Å². The van der Waals surface area contributed by atoms with E-state index in [4.69, 9.17) is 5.26 Å². The minimum atomic E-state index is 0.201. The Hall–Kier alpha value is -1.34. The Bertz CT molecular complexity index is 250. The van der Waals surface area contributed by atoms with Gasteiger partial charge in [0.2, 0.25) is 0 Å². The van der Waals surface area contributed by atoms with Crippen LogP contribution in [0.4, 0.5) is 0 Å². The highest BCUT2D eigenvalue weighted by Gasteiger charge is 2.01. The van der Waals surface area contributed by atoms with E-state index in [2.05, 4.69) is 21.1 Å². The van der Waals surface area contributed by atoms with Crippen molar-refractivity contribution in [3.05, 3.63) is 18.0 Å². The van der Waals surface area contributed by atoms with Gasteiger partial charge in [-0.25, -0.2) is 0 Å². The van der Waals surface area contributed by atoms with Crippen molar-refractivity contribution in [3.8, 4) is 6.07 Å². The average Bonchev–Trinajstić information content (AvgIpc) is 2.53. The lowest BCUT2D eigenvalue weighted by Gasteiger charge is -2.06. The molecule has 4 heteroatoms. The molecule has 0 spiro atoms. The van der Waals surface area contributed by atoms with E-state index in [1.165, 1.54) is 6.26 Å². The Morgan fingerprint density at radius 3 is 3.25 bits per heavy atom. The van der Waals surface area contributed by atoms with Crippen molar-refractivity contribution >= 4 is 0 Å². The zero-order chi connectivity index (χ0) is 8.81. The van der Waals surface area contributed by atoms with E-state index in [-0.39, 0.29) is 6.04 Å². The van der Waals surface area contributed by atoms with Gasteiger partial charge in [-0.2, -0.15) is 5.26 Å². The normalized spacial score (nSPS) is 12.3. The molecule has 0 aromatic carbocycles. The summed E-state index contributed by atoms with van der Waals surface area (Å²) in [6.45, 7) is 2.61. The van der Waals surface area contributed by atoms with Crippen LogP contribution < -0.4 is 5.32 Å². The first-order chi connectivity index (χ1) is 5.83. The maximum Gasteiger partial charge on any atom is 0.124 e. The number of aromatic nitrogens is 1. The molecule has 0 aliphatic carbocycles. The van der Waals surface area contributed by atoms with Gasteiger partial charge in [0.05, 0.1) is 18.2 Å². The van der Waals surface area contributed by atoms with Gasteiger partial charge >= 0.3 is 0 Å². The topological polar surface area (TPSA) is 61.9 Å². The maximum atomic E-state index is 8.37. The molecular weight excluding hydrogens is 154 g/mol. The molecule has 0 amide bonds. The van der Waals surface area contributed by atoms with Crippen LogP contribution in [0.3, 0.4) is 0 Å². The molecular formula is C8H11N3O. The molecule has 1 N–H and O–H groups in total. The third-order valence-corrected chi connectivity index (χ3v) is 1.52. The smallest absolute Gasteiger partial charge is 0.124 e. The molecule has 1 atom stereocenters. The lowest BCUT2D eigenvalue weighted by atomic mass is 10.2. The SMILES string of the molecule is CC(CC#N)NCc1ccon1. The van der Waals surface area contributed by atoms with E-state index >= 15 is 0 Å². The molecule has 1 heterocycles. The van der Waals surface area contributed by atoms with Gasteiger partial charge in [0.15, 0.2) is 0 Å². The first kappa shape index (κ1) is 8.75. The first-order valence-corrected chi connectivity index (χ1v) is 3.82. The number of hydrogen-bond acceptors (Lipinski definition) is 4. The summed E-state index contributed by atoms with van der Waals surface area (Å²) in [5.41, 5.74) is 0.861.